The molecule has 1 aromatic rings. The second-order valence-corrected chi connectivity index (χ2v) is 3.13. The van der Waals surface area contributed by atoms with Gasteiger partial charge in [-0.3, -0.25) is 0 Å². The normalized spacial score (nSPS) is 15.7. The Balaban J connectivity index is 2.96. The monoisotopic (exact) mass is 165 g/mol. The molecule has 0 aliphatic heterocycles. The van der Waals surface area contributed by atoms with E-state index in [-0.39, 0.29) is 6.04 Å². The molecule has 1 unspecified atom stereocenters. The Kier molecular flexibility index (Phi) is 2.84. The number of benzene rings is 1. The van der Waals surface area contributed by atoms with E-state index in [2.05, 4.69) is 0 Å². The molecule has 0 aliphatic rings. The number of rotatable bonds is 2. The summed E-state index contributed by atoms with van der Waals surface area (Å²) < 4.78 is 0. The van der Waals surface area contributed by atoms with E-state index in [1.54, 1.807) is 6.92 Å². The lowest BCUT2D eigenvalue weighted by Gasteiger charge is -2.09. The molecule has 0 aliphatic carbocycles. The van der Waals surface area contributed by atoms with Crippen molar-refractivity contribution >= 4 is 0 Å². The van der Waals surface area contributed by atoms with Crippen LogP contribution in [0.25, 0.3) is 0 Å². The molecule has 3 N–H and O–H groups in total. The molecule has 0 saturated heterocycles. The number of aliphatic hydroxyl groups is 1. The van der Waals surface area contributed by atoms with Gasteiger partial charge in [0.25, 0.3) is 0 Å². The van der Waals surface area contributed by atoms with Crippen LogP contribution in [0.2, 0.25) is 0 Å². The third-order valence-electron chi connectivity index (χ3n) is 1.92. The molecular weight excluding hydrogens is 150 g/mol. The standard InChI is InChI=1S/C10H15NO/c1-7(11)9-4-3-5-10(6-9)8(2)12/h3-8,12H,11H2,1-2H3/t7-,8?/m1/s1. The van der Waals surface area contributed by atoms with Crippen LogP contribution in [-0.2, 0) is 0 Å². The minimum absolute atomic E-state index is 0.0312. The van der Waals surface area contributed by atoms with Crippen LogP contribution in [0.15, 0.2) is 24.3 Å². The summed E-state index contributed by atoms with van der Waals surface area (Å²) in [5.41, 5.74) is 7.69. The summed E-state index contributed by atoms with van der Waals surface area (Å²) in [5.74, 6) is 0. The first kappa shape index (κ1) is 9.23. The van der Waals surface area contributed by atoms with Crippen LogP contribution < -0.4 is 5.73 Å². The van der Waals surface area contributed by atoms with Crippen molar-refractivity contribution in [3.63, 3.8) is 0 Å². The molecule has 0 saturated carbocycles. The lowest BCUT2D eigenvalue weighted by molar-refractivity contribution is 0.199. The van der Waals surface area contributed by atoms with Crippen LogP contribution >= 0.6 is 0 Å². The molecule has 0 bridgehead atoms. The first-order valence-electron chi connectivity index (χ1n) is 4.14. The average Bonchev–Trinajstić information content (AvgIpc) is 2.04. The Bertz CT molecular complexity index is 233. The fourth-order valence-electron chi connectivity index (χ4n) is 1.10. The second-order valence-electron chi connectivity index (χ2n) is 3.13. The number of aliphatic hydroxyl groups excluding tert-OH is 1. The highest BCUT2D eigenvalue weighted by Crippen LogP contribution is 2.16. The summed E-state index contributed by atoms with van der Waals surface area (Å²) in [4.78, 5) is 0. The summed E-state index contributed by atoms with van der Waals surface area (Å²) in [6.07, 6.45) is -0.413. The van der Waals surface area contributed by atoms with Gasteiger partial charge < -0.3 is 10.8 Å². The van der Waals surface area contributed by atoms with E-state index in [9.17, 15) is 5.11 Å². The molecule has 2 atom stereocenters. The minimum atomic E-state index is -0.413. The molecule has 2 heteroatoms. The number of nitrogens with two attached hydrogens (primary N) is 1. The van der Waals surface area contributed by atoms with Gasteiger partial charge in [0.15, 0.2) is 0 Å². The van der Waals surface area contributed by atoms with Gasteiger partial charge in [-0.25, -0.2) is 0 Å². The van der Waals surface area contributed by atoms with Gasteiger partial charge in [-0.1, -0.05) is 24.3 Å². The molecule has 0 spiro atoms. The quantitative estimate of drug-likeness (QED) is 0.701. The summed E-state index contributed by atoms with van der Waals surface area (Å²) in [7, 11) is 0. The highest BCUT2D eigenvalue weighted by Gasteiger charge is 2.03. The highest BCUT2D eigenvalue weighted by atomic mass is 16.3. The predicted octanol–water partition coefficient (Wildman–Crippen LogP) is 1.76. The zero-order valence-corrected chi connectivity index (χ0v) is 7.49. The third kappa shape index (κ3) is 2.06. The lowest BCUT2D eigenvalue weighted by Crippen LogP contribution is -2.05. The Morgan fingerprint density at radius 3 is 2.33 bits per heavy atom. The topological polar surface area (TPSA) is 46.2 Å². The average molecular weight is 165 g/mol. The molecule has 66 valence electrons. The van der Waals surface area contributed by atoms with Crippen LogP contribution in [0.5, 0.6) is 0 Å². The minimum Gasteiger partial charge on any atom is -0.389 e. The molecule has 1 aromatic carbocycles. The van der Waals surface area contributed by atoms with Gasteiger partial charge in [0, 0.05) is 6.04 Å². The van der Waals surface area contributed by atoms with Crippen LogP contribution in [-0.4, -0.2) is 5.11 Å². The molecule has 0 fully saturated rings. The van der Waals surface area contributed by atoms with Crippen molar-refractivity contribution in [1.29, 1.82) is 0 Å². The fraction of sp³-hybridized carbons (Fsp3) is 0.400. The highest BCUT2D eigenvalue weighted by molar-refractivity contribution is 5.26. The Labute approximate surface area is 73.0 Å². The molecule has 0 amide bonds. The van der Waals surface area contributed by atoms with E-state index < -0.39 is 6.10 Å². The maximum atomic E-state index is 9.29. The molecule has 0 aromatic heterocycles. The maximum absolute atomic E-state index is 9.29. The van der Waals surface area contributed by atoms with E-state index in [0.717, 1.165) is 11.1 Å². The molecule has 0 radical (unpaired) electrons. The van der Waals surface area contributed by atoms with Crippen LogP contribution in [0, 0.1) is 0 Å². The van der Waals surface area contributed by atoms with E-state index in [1.165, 1.54) is 0 Å². The lowest BCUT2D eigenvalue weighted by atomic mass is 10.0. The molecule has 1 rings (SSSR count). The smallest absolute Gasteiger partial charge is 0.0762 e. The number of hydrogen-bond acceptors (Lipinski definition) is 2. The first-order chi connectivity index (χ1) is 5.61. The van der Waals surface area contributed by atoms with Crippen molar-refractivity contribution in [1.82, 2.24) is 0 Å². The molecule has 12 heavy (non-hydrogen) atoms. The second kappa shape index (κ2) is 3.70. The summed E-state index contributed by atoms with van der Waals surface area (Å²) >= 11 is 0. The van der Waals surface area contributed by atoms with Gasteiger partial charge in [-0.2, -0.15) is 0 Å². The van der Waals surface area contributed by atoms with Crippen LogP contribution in [0.3, 0.4) is 0 Å². The van der Waals surface area contributed by atoms with Crippen LogP contribution in [0.1, 0.15) is 37.1 Å². The van der Waals surface area contributed by atoms with E-state index in [4.69, 9.17) is 5.73 Å². The predicted molar refractivity (Wildman–Crippen MR) is 49.7 cm³/mol. The van der Waals surface area contributed by atoms with Crippen molar-refractivity contribution in [2.45, 2.75) is 26.0 Å². The van der Waals surface area contributed by atoms with Crippen molar-refractivity contribution in [3.8, 4) is 0 Å². The van der Waals surface area contributed by atoms with Gasteiger partial charge in [0.2, 0.25) is 0 Å². The van der Waals surface area contributed by atoms with Crippen molar-refractivity contribution in [2.24, 2.45) is 5.73 Å². The summed E-state index contributed by atoms with van der Waals surface area (Å²) in [6, 6.07) is 7.76. The molecule has 2 nitrogen and oxygen atoms in total. The van der Waals surface area contributed by atoms with Gasteiger partial charge >= 0.3 is 0 Å². The van der Waals surface area contributed by atoms with Gasteiger partial charge in [0.1, 0.15) is 0 Å². The van der Waals surface area contributed by atoms with Crippen molar-refractivity contribution < 1.29 is 5.11 Å². The summed E-state index contributed by atoms with van der Waals surface area (Å²) in [6.45, 7) is 3.68. The van der Waals surface area contributed by atoms with Crippen LogP contribution in [0.4, 0.5) is 0 Å². The Morgan fingerprint density at radius 2 is 1.83 bits per heavy atom. The van der Waals surface area contributed by atoms with Crippen molar-refractivity contribution in [2.75, 3.05) is 0 Å². The Hall–Kier alpha value is -0.860. The number of hydrogen-bond donors (Lipinski definition) is 2. The largest absolute Gasteiger partial charge is 0.389 e. The third-order valence-corrected chi connectivity index (χ3v) is 1.92. The zero-order chi connectivity index (χ0) is 9.14. The summed E-state index contributed by atoms with van der Waals surface area (Å²) in [5, 5.41) is 9.29. The first-order valence-corrected chi connectivity index (χ1v) is 4.14. The maximum Gasteiger partial charge on any atom is 0.0762 e. The molecule has 0 heterocycles. The van der Waals surface area contributed by atoms with Gasteiger partial charge in [0.05, 0.1) is 6.10 Å². The Morgan fingerprint density at radius 1 is 1.25 bits per heavy atom. The van der Waals surface area contributed by atoms with E-state index in [0.29, 0.717) is 0 Å². The molecular formula is C10H15NO. The zero-order valence-electron chi connectivity index (χ0n) is 7.49. The van der Waals surface area contributed by atoms with Crippen molar-refractivity contribution in [3.05, 3.63) is 35.4 Å². The SMILES string of the molecule is CC(O)c1cccc([C@@H](C)N)c1. The van der Waals surface area contributed by atoms with Gasteiger partial charge in [-0.05, 0) is 25.0 Å². The van der Waals surface area contributed by atoms with Gasteiger partial charge in [-0.15, -0.1) is 0 Å². The van der Waals surface area contributed by atoms with E-state index >= 15 is 0 Å². The fourth-order valence-corrected chi connectivity index (χ4v) is 1.10. The van der Waals surface area contributed by atoms with E-state index in [1.807, 2.05) is 31.2 Å².